The number of ether oxygens (including phenoxy) is 1. The molecular formula is C21H18N2O3S2. The quantitative estimate of drug-likeness (QED) is 0.477. The average molecular weight is 411 g/mol. The minimum absolute atomic E-state index is 0.179. The molecule has 28 heavy (non-hydrogen) atoms. The first-order chi connectivity index (χ1) is 13.5. The molecule has 142 valence electrons. The van der Waals surface area contributed by atoms with Gasteiger partial charge in [0.25, 0.3) is 5.56 Å². The highest BCUT2D eigenvalue weighted by Crippen LogP contribution is 2.33. The zero-order valence-electron chi connectivity index (χ0n) is 15.4. The number of nitrogens with one attached hydrogen (secondary N) is 1. The van der Waals surface area contributed by atoms with Crippen molar-refractivity contribution in [2.45, 2.75) is 26.4 Å². The molecule has 0 aliphatic carbocycles. The second-order valence-corrected chi connectivity index (χ2v) is 8.36. The van der Waals surface area contributed by atoms with Gasteiger partial charge in [-0.2, -0.15) is 0 Å². The summed E-state index contributed by atoms with van der Waals surface area (Å²) < 4.78 is 5.49. The van der Waals surface area contributed by atoms with Gasteiger partial charge in [0, 0.05) is 15.8 Å². The topological polar surface area (TPSA) is 72.0 Å². The molecule has 1 atom stereocenters. The second-order valence-electron chi connectivity index (χ2n) is 6.55. The predicted molar refractivity (Wildman–Crippen MR) is 113 cm³/mol. The van der Waals surface area contributed by atoms with Gasteiger partial charge in [-0.25, -0.2) is 4.98 Å². The Labute approximate surface area is 169 Å². The van der Waals surface area contributed by atoms with Gasteiger partial charge >= 0.3 is 5.97 Å². The summed E-state index contributed by atoms with van der Waals surface area (Å²) in [6, 6.07) is 11.7. The Morgan fingerprint density at radius 3 is 2.71 bits per heavy atom. The van der Waals surface area contributed by atoms with Gasteiger partial charge in [-0.1, -0.05) is 35.9 Å². The fourth-order valence-corrected chi connectivity index (χ4v) is 4.71. The van der Waals surface area contributed by atoms with Crippen molar-refractivity contribution in [3.63, 3.8) is 0 Å². The highest BCUT2D eigenvalue weighted by molar-refractivity contribution is 7.18. The molecule has 0 aliphatic heterocycles. The number of fused-ring (bicyclic) bond motifs is 1. The number of rotatable bonds is 5. The van der Waals surface area contributed by atoms with Crippen LogP contribution in [-0.4, -0.2) is 15.9 Å². The molecule has 0 bridgehead atoms. The lowest BCUT2D eigenvalue weighted by atomic mass is 10.1. The van der Waals surface area contributed by atoms with Crippen LogP contribution in [0.25, 0.3) is 20.7 Å². The molecule has 0 saturated heterocycles. The van der Waals surface area contributed by atoms with Gasteiger partial charge in [0.2, 0.25) is 0 Å². The predicted octanol–water partition coefficient (Wildman–Crippen LogP) is 4.87. The van der Waals surface area contributed by atoms with Crippen molar-refractivity contribution in [2.75, 3.05) is 0 Å². The molecular weight excluding hydrogens is 392 g/mol. The lowest BCUT2D eigenvalue weighted by Crippen LogP contribution is -2.18. The normalized spacial score (nSPS) is 12.2. The van der Waals surface area contributed by atoms with Gasteiger partial charge in [-0.05, 0) is 30.9 Å². The number of aromatic amines is 1. The Morgan fingerprint density at radius 2 is 2.00 bits per heavy atom. The summed E-state index contributed by atoms with van der Waals surface area (Å²) in [5, 5.41) is 4.50. The standard InChI is InChI=1S/C21H18N2O3S2/c1-12-5-7-14(8-6-12)10-17(24)26-13(2)19-22-20(25)18-15(11-28-21(18)23-19)16-4-3-9-27-16/h3-9,11,13H,10H2,1-2H3,(H,22,23,25)/t13-/m1/s1. The molecule has 4 rings (SSSR count). The maximum Gasteiger partial charge on any atom is 0.310 e. The summed E-state index contributed by atoms with van der Waals surface area (Å²) in [7, 11) is 0. The van der Waals surface area contributed by atoms with Crippen LogP contribution in [0.1, 0.15) is 30.0 Å². The summed E-state index contributed by atoms with van der Waals surface area (Å²) >= 11 is 3.00. The molecule has 7 heteroatoms. The van der Waals surface area contributed by atoms with Gasteiger partial charge in [-0.3, -0.25) is 9.59 Å². The molecule has 0 unspecified atom stereocenters. The van der Waals surface area contributed by atoms with E-state index < -0.39 is 6.10 Å². The van der Waals surface area contributed by atoms with E-state index >= 15 is 0 Å². The maximum atomic E-state index is 12.7. The van der Waals surface area contributed by atoms with E-state index in [1.165, 1.54) is 11.3 Å². The van der Waals surface area contributed by atoms with Crippen LogP contribution < -0.4 is 5.56 Å². The fraction of sp³-hybridized carbons (Fsp3) is 0.190. The van der Waals surface area contributed by atoms with E-state index in [2.05, 4.69) is 9.97 Å². The largest absolute Gasteiger partial charge is 0.454 e. The number of carbonyl (C=O) groups excluding carboxylic acids is 1. The van der Waals surface area contributed by atoms with Crippen molar-refractivity contribution in [2.24, 2.45) is 0 Å². The molecule has 1 N–H and O–H groups in total. The first-order valence-electron chi connectivity index (χ1n) is 8.81. The van der Waals surface area contributed by atoms with Gasteiger partial charge in [0.15, 0.2) is 11.9 Å². The lowest BCUT2D eigenvalue weighted by Gasteiger charge is -2.12. The van der Waals surface area contributed by atoms with Crippen LogP contribution in [0.5, 0.6) is 0 Å². The summed E-state index contributed by atoms with van der Waals surface area (Å²) in [6.07, 6.45) is -0.458. The number of carbonyl (C=O) groups is 1. The molecule has 0 aliphatic rings. The zero-order valence-corrected chi connectivity index (χ0v) is 17.0. The number of hydrogen-bond donors (Lipinski definition) is 1. The van der Waals surface area contributed by atoms with Crippen LogP contribution in [0.3, 0.4) is 0 Å². The smallest absolute Gasteiger partial charge is 0.310 e. The van der Waals surface area contributed by atoms with Gasteiger partial charge in [0.05, 0.1) is 11.8 Å². The Bertz CT molecular complexity index is 1170. The molecule has 0 spiro atoms. The van der Waals surface area contributed by atoms with E-state index in [4.69, 9.17) is 4.74 Å². The van der Waals surface area contributed by atoms with E-state index in [9.17, 15) is 9.59 Å². The van der Waals surface area contributed by atoms with E-state index in [1.54, 1.807) is 18.3 Å². The van der Waals surface area contributed by atoms with Crippen molar-refractivity contribution in [1.29, 1.82) is 0 Å². The van der Waals surface area contributed by atoms with Gasteiger partial charge in [-0.15, -0.1) is 22.7 Å². The van der Waals surface area contributed by atoms with Crippen LogP contribution in [0.4, 0.5) is 0 Å². The van der Waals surface area contributed by atoms with Crippen LogP contribution in [0.15, 0.2) is 52.0 Å². The molecule has 5 nitrogen and oxygen atoms in total. The Hall–Kier alpha value is -2.77. The van der Waals surface area contributed by atoms with Crippen molar-refractivity contribution >= 4 is 38.9 Å². The molecule has 0 radical (unpaired) electrons. The second kappa shape index (κ2) is 7.69. The number of aryl methyl sites for hydroxylation is 1. The Balaban J connectivity index is 1.54. The molecule has 0 saturated carbocycles. The highest BCUT2D eigenvalue weighted by atomic mass is 32.1. The number of H-pyrrole nitrogens is 1. The monoisotopic (exact) mass is 410 g/mol. The third-order valence-corrected chi connectivity index (χ3v) is 6.19. The maximum absolute atomic E-state index is 12.7. The van der Waals surface area contributed by atoms with Crippen molar-refractivity contribution < 1.29 is 9.53 Å². The zero-order chi connectivity index (χ0) is 19.7. The first-order valence-corrected chi connectivity index (χ1v) is 10.6. The number of esters is 1. The van der Waals surface area contributed by atoms with Gasteiger partial charge < -0.3 is 9.72 Å². The number of benzene rings is 1. The molecule has 4 aromatic rings. The number of hydrogen-bond acceptors (Lipinski definition) is 6. The summed E-state index contributed by atoms with van der Waals surface area (Å²) in [5.41, 5.74) is 2.70. The lowest BCUT2D eigenvalue weighted by molar-refractivity contribution is -0.148. The number of nitrogens with zero attached hydrogens (tertiary/aromatic N) is 1. The molecule has 0 fully saturated rings. The van der Waals surface area contributed by atoms with Crippen LogP contribution >= 0.6 is 22.7 Å². The van der Waals surface area contributed by atoms with E-state index in [-0.39, 0.29) is 17.9 Å². The van der Waals surface area contributed by atoms with Crippen LogP contribution in [0.2, 0.25) is 0 Å². The van der Waals surface area contributed by atoms with E-state index in [0.29, 0.717) is 16.0 Å². The number of aromatic nitrogens is 2. The molecule has 1 aromatic carbocycles. The van der Waals surface area contributed by atoms with Crippen molar-refractivity contribution in [3.8, 4) is 10.4 Å². The average Bonchev–Trinajstić information content (AvgIpc) is 3.32. The summed E-state index contributed by atoms with van der Waals surface area (Å²) in [6.45, 7) is 3.71. The Morgan fingerprint density at radius 1 is 1.21 bits per heavy atom. The third kappa shape index (κ3) is 3.76. The highest BCUT2D eigenvalue weighted by Gasteiger charge is 2.19. The minimum atomic E-state index is -0.637. The van der Waals surface area contributed by atoms with Crippen molar-refractivity contribution in [1.82, 2.24) is 9.97 Å². The minimum Gasteiger partial charge on any atom is -0.454 e. The van der Waals surface area contributed by atoms with E-state index in [1.807, 2.05) is 54.1 Å². The SMILES string of the molecule is Cc1ccc(CC(=O)O[C@H](C)c2nc3scc(-c4cccs4)c3c(=O)[nH]2)cc1. The Kier molecular flexibility index (Phi) is 5.11. The van der Waals surface area contributed by atoms with Crippen LogP contribution in [-0.2, 0) is 16.0 Å². The summed E-state index contributed by atoms with van der Waals surface area (Å²) in [5.74, 6) is -0.00103. The number of thiophene rings is 2. The van der Waals surface area contributed by atoms with Gasteiger partial charge in [0.1, 0.15) is 4.83 Å². The van der Waals surface area contributed by atoms with Crippen LogP contribution in [0, 0.1) is 6.92 Å². The first kappa shape index (κ1) is 18.6. The molecule has 0 amide bonds. The molecule has 3 aromatic heterocycles. The molecule has 3 heterocycles. The fourth-order valence-electron chi connectivity index (χ4n) is 2.94. The third-order valence-electron chi connectivity index (χ3n) is 4.41. The van der Waals surface area contributed by atoms with E-state index in [0.717, 1.165) is 21.6 Å². The summed E-state index contributed by atoms with van der Waals surface area (Å²) in [4.78, 5) is 33.9. The van der Waals surface area contributed by atoms with Crippen molar-refractivity contribution in [3.05, 3.63) is 74.5 Å².